The van der Waals surface area contributed by atoms with E-state index in [2.05, 4.69) is 5.32 Å². The van der Waals surface area contributed by atoms with E-state index in [1.165, 1.54) is 0 Å². The summed E-state index contributed by atoms with van der Waals surface area (Å²) in [4.78, 5) is 12.3. The fourth-order valence-corrected chi connectivity index (χ4v) is 2.82. The number of anilines is 1. The van der Waals surface area contributed by atoms with Crippen molar-refractivity contribution < 1.29 is 19.0 Å². The highest BCUT2D eigenvalue weighted by molar-refractivity contribution is 6.31. The predicted octanol–water partition coefficient (Wildman–Crippen LogP) is 4.47. The largest absolute Gasteiger partial charge is 0.491 e. The van der Waals surface area contributed by atoms with Crippen LogP contribution in [0.1, 0.15) is 25.3 Å². The summed E-state index contributed by atoms with van der Waals surface area (Å²) < 4.78 is 16.7. The van der Waals surface area contributed by atoms with Gasteiger partial charge in [-0.05, 0) is 48.7 Å². The number of aryl methyl sites for hydroxylation is 1. The molecule has 3 rings (SSSR count). The molecular formula is C20H22ClNO4. The first-order valence-corrected chi connectivity index (χ1v) is 9.14. The van der Waals surface area contributed by atoms with Crippen LogP contribution >= 0.6 is 11.6 Å². The second-order valence-electron chi connectivity index (χ2n) is 6.02. The van der Waals surface area contributed by atoms with Gasteiger partial charge in [-0.15, -0.1) is 0 Å². The zero-order valence-electron chi connectivity index (χ0n) is 14.7. The standard InChI is InChI=1S/C20H22ClNO4/c1-2-9-24-17-7-5-15(21)13-16(17)22-20(23)8-4-14-3-6-18-19(12-14)26-11-10-25-18/h3,5-7,12-13H,2,4,8-11H2,1H3,(H,22,23). The van der Waals surface area contributed by atoms with Gasteiger partial charge in [-0.3, -0.25) is 4.79 Å². The lowest BCUT2D eigenvalue weighted by atomic mass is 10.1. The van der Waals surface area contributed by atoms with E-state index in [4.69, 9.17) is 25.8 Å². The lowest BCUT2D eigenvalue weighted by Gasteiger charge is -2.18. The third kappa shape index (κ3) is 4.82. The van der Waals surface area contributed by atoms with E-state index in [0.717, 1.165) is 23.5 Å². The molecular weight excluding hydrogens is 354 g/mol. The molecule has 1 aliphatic rings. The molecule has 138 valence electrons. The summed E-state index contributed by atoms with van der Waals surface area (Å²) in [5, 5.41) is 3.44. The normalized spacial score (nSPS) is 12.5. The van der Waals surface area contributed by atoms with E-state index >= 15 is 0 Å². The van der Waals surface area contributed by atoms with Gasteiger partial charge in [-0.25, -0.2) is 0 Å². The molecule has 0 radical (unpaired) electrons. The van der Waals surface area contributed by atoms with Gasteiger partial charge in [0.05, 0.1) is 12.3 Å². The van der Waals surface area contributed by atoms with Gasteiger partial charge in [0, 0.05) is 11.4 Å². The lowest BCUT2D eigenvalue weighted by molar-refractivity contribution is -0.116. The van der Waals surface area contributed by atoms with Crippen molar-refractivity contribution in [1.82, 2.24) is 0 Å². The average Bonchev–Trinajstić information content (AvgIpc) is 2.65. The number of hydrogen-bond donors (Lipinski definition) is 1. The first-order chi connectivity index (χ1) is 12.7. The molecule has 0 fully saturated rings. The highest BCUT2D eigenvalue weighted by atomic mass is 35.5. The minimum absolute atomic E-state index is 0.0940. The van der Waals surface area contributed by atoms with Gasteiger partial charge in [0.25, 0.3) is 0 Å². The molecule has 1 amide bonds. The smallest absolute Gasteiger partial charge is 0.224 e. The minimum atomic E-state index is -0.0940. The molecule has 1 aliphatic heterocycles. The Labute approximate surface area is 158 Å². The van der Waals surface area contributed by atoms with E-state index in [1.807, 2.05) is 25.1 Å². The van der Waals surface area contributed by atoms with Crippen LogP contribution in [0.3, 0.4) is 0 Å². The summed E-state index contributed by atoms with van der Waals surface area (Å²) in [7, 11) is 0. The summed E-state index contributed by atoms with van der Waals surface area (Å²) in [5.74, 6) is 2.02. The van der Waals surface area contributed by atoms with E-state index in [0.29, 0.717) is 49.1 Å². The second-order valence-corrected chi connectivity index (χ2v) is 6.45. The van der Waals surface area contributed by atoms with Crippen LogP contribution in [-0.2, 0) is 11.2 Å². The fraction of sp³-hybridized carbons (Fsp3) is 0.350. The van der Waals surface area contributed by atoms with Gasteiger partial charge in [-0.1, -0.05) is 24.6 Å². The number of fused-ring (bicyclic) bond motifs is 1. The molecule has 1 heterocycles. The van der Waals surface area contributed by atoms with Crippen LogP contribution in [0.15, 0.2) is 36.4 Å². The Morgan fingerprint density at radius 3 is 2.77 bits per heavy atom. The van der Waals surface area contributed by atoms with Gasteiger partial charge >= 0.3 is 0 Å². The SMILES string of the molecule is CCCOc1ccc(Cl)cc1NC(=O)CCc1ccc2c(c1)OCCO2. The van der Waals surface area contributed by atoms with E-state index in [9.17, 15) is 4.79 Å². The average molecular weight is 376 g/mol. The van der Waals surface area contributed by atoms with Crippen LogP contribution in [0.2, 0.25) is 5.02 Å². The van der Waals surface area contributed by atoms with E-state index < -0.39 is 0 Å². The summed E-state index contributed by atoms with van der Waals surface area (Å²) in [6.07, 6.45) is 1.84. The number of hydrogen-bond acceptors (Lipinski definition) is 4. The Balaban J connectivity index is 1.60. The van der Waals surface area contributed by atoms with Crippen LogP contribution in [0.5, 0.6) is 17.2 Å². The zero-order valence-corrected chi connectivity index (χ0v) is 15.5. The molecule has 0 spiro atoms. The molecule has 0 aliphatic carbocycles. The van der Waals surface area contributed by atoms with Crippen LogP contribution in [0.25, 0.3) is 0 Å². The van der Waals surface area contributed by atoms with Gasteiger partial charge in [-0.2, -0.15) is 0 Å². The number of ether oxygens (including phenoxy) is 3. The van der Waals surface area contributed by atoms with Crippen molar-refractivity contribution in [2.24, 2.45) is 0 Å². The maximum Gasteiger partial charge on any atom is 0.224 e. The summed E-state index contributed by atoms with van der Waals surface area (Å²) in [6.45, 7) is 3.73. The monoisotopic (exact) mass is 375 g/mol. The Morgan fingerprint density at radius 2 is 1.96 bits per heavy atom. The van der Waals surface area contributed by atoms with Crippen molar-refractivity contribution in [3.05, 3.63) is 47.0 Å². The Morgan fingerprint density at radius 1 is 1.15 bits per heavy atom. The van der Waals surface area contributed by atoms with Crippen molar-refractivity contribution in [2.75, 3.05) is 25.1 Å². The quantitative estimate of drug-likeness (QED) is 0.775. The Bertz CT molecular complexity index is 778. The minimum Gasteiger partial charge on any atom is -0.491 e. The number of halogens is 1. The molecule has 0 saturated carbocycles. The fourth-order valence-electron chi connectivity index (χ4n) is 2.65. The molecule has 0 unspecified atom stereocenters. The first-order valence-electron chi connectivity index (χ1n) is 8.76. The highest BCUT2D eigenvalue weighted by Crippen LogP contribution is 2.31. The lowest BCUT2D eigenvalue weighted by Crippen LogP contribution is -2.16. The second kappa shape index (κ2) is 8.81. The molecule has 1 N–H and O–H groups in total. The number of amides is 1. The Kier molecular flexibility index (Phi) is 6.23. The van der Waals surface area contributed by atoms with Crippen molar-refractivity contribution in [1.29, 1.82) is 0 Å². The van der Waals surface area contributed by atoms with Gasteiger partial charge in [0.1, 0.15) is 19.0 Å². The summed E-state index contributed by atoms with van der Waals surface area (Å²) in [6, 6.07) is 11.0. The third-order valence-electron chi connectivity index (χ3n) is 3.92. The Hall–Kier alpha value is -2.40. The number of benzene rings is 2. The molecule has 5 nitrogen and oxygen atoms in total. The van der Waals surface area contributed by atoms with Gasteiger partial charge in [0.15, 0.2) is 11.5 Å². The van der Waals surface area contributed by atoms with Crippen LogP contribution < -0.4 is 19.5 Å². The maximum atomic E-state index is 12.3. The van der Waals surface area contributed by atoms with Crippen LogP contribution in [0.4, 0.5) is 5.69 Å². The van der Waals surface area contributed by atoms with Crippen molar-refractivity contribution in [3.63, 3.8) is 0 Å². The van der Waals surface area contributed by atoms with Crippen molar-refractivity contribution >= 4 is 23.2 Å². The third-order valence-corrected chi connectivity index (χ3v) is 4.16. The number of carbonyl (C=O) groups is 1. The van der Waals surface area contributed by atoms with Gasteiger partial charge in [0.2, 0.25) is 5.91 Å². The molecule has 0 aromatic heterocycles. The zero-order chi connectivity index (χ0) is 18.4. The van der Waals surface area contributed by atoms with Crippen molar-refractivity contribution in [2.45, 2.75) is 26.2 Å². The van der Waals surface area contributed by atoms with E-state index in [-0.39, 0.29) is 5.91 Å². The summed E-state index contributed by atoms with van der Waals surface area (Å²) >= 11 is 6.04. The highest BCUT2D eigenvalue weighted by Gasteiger charge is 2.13. The van der Waals surface area contributed by atoms with Crippen LogP contribution in [-0.4, -0.2) is 25.7 Å². The molecule has 0 saturated heterocycles. The first kappa shape index (κ1) is 18.4. The molecule has 26 heavy (non-hydrogen) atoms. The molecule has 2 aromatic carbocycles. The molecule has 0 bridgehead atoms. The summed E-state index contributed by atoms with van der Waals surface area (Å²) in [5.41, 5.74) is 1.62. The molecule has 6 heteroatoms. The molecule has 2 aromatic rings. The maximum absolute atomic E-state index is 12.3. The predicted molar refractivity (Wildman–Crippen MR) is 102 cm³/mol. The van der Waals surface area contributed by atoms with E-state index in [1.54, 1.807) is 18.2 Å². The number of carbonyl (C=O) groups excluding carboxylic acids is 1. The van der Waals surface area contributed by atoms with Crippen LogP contribution in [0, 0.1) is 0 Å². The topological polar surface area (TPSA) is 56.8 Å². The van der Waals surface area contributed by atoms with Gasteiger partial charge < -0.3 is 19.5 Å². The van der Waals surface area contributed by atoms with Crippen molar-refractivity contribution in [3.8, 4) is 17.2 Å². The number of nitrogens with one attached hydrogen (secondary N) is 1. The molecule has 0 atom stereocenters. The number of rotatable bonds is 7.